The first-order chi connectivity index (χ1) is 12.6. The van der Waals surface area contributed by atoms with Gasteiger partial charge in [-0.2, -0.15) is 0 Å². The molecule has 0 spiro atoms. The number of carbonyl (C=O) groups is 2. The first kappa shape index (κ1) is 20.3. The smallest absolute Gasteiger partial charge is 0.331 e. The lowest BCUT2D eigenvalue weighted by atomic mass is 10.1. The lowest BCUT2D eigenvalue weighted by Gasteiger charge is -2.16. The maximum atomic E-state index is 13.8. The fourth-order valence-electron chi connectivity index (χ4n) is 2.15. The molecule has 27 heavy (non-hydrogen) atoms. The number of nitrogens with one attached hydrogen (secondary N) is 1. The molecule has 2 N–H and O–H groups in total. The number of carboxylic acid groups (broad SMARTS) is 1. The SMILES string of the molecule is CS(=O)(=O)c1cccc(OCC(=O)N[C@H](C(=O)O)c2ccc(F)cc2F)c1. The third kappa shape index (κ3) is 5.48. The molecule has 2 aromatic rings. The quantitative estimate of drug-likeness (QED) is 0.733. The number of amides is 1. The third-order valence-electron chi connectivity index (χ3n) is 3.43. The normalized spacial score (nSPS) is 12.3. The van der Waals surface area contributed by atoms with Gasteiger partial charge in [0.2, 0.25) is 0 Å². The molecule has 0 aliphatic rings. The highest BCUT2D eigenvalue weighted by atomic mass is 32.2. The van der Waals surface area contributed by atoms with Crippen molar-refractivity contribution in [2.45, 2.75) is 10.9 Å². The van der Waals surface area contributed by atoms with E-state index in [0.717, 1.165) is 18.4 Å². The summed E-state index contributed by atoms with van der Waals surface area (Å²) in [6.07, 6.45) is 1.01. The molecular weight excluding hydrogens is 384 g/mol. The number of rotatable bonds is 7. The third-order valence-corrected chi connectivity index (χ3v) is 4.54. The van der Waals surface area contributed by atoms with Gasteiger partial charge in [-0.25, -0.2) is 22.0 Å². The Kier molecular flexibility index (Phi) is 6.11. The Hall–Kier alpha value is -3.01. The first-order valence-corrected chi connectivity index (χ1v) is 9.37. The molecule has 1 amide bonds. The summed E-state index contributed by atoms with van der Waals surface area (Å²) in [5, 5.41) is 11.3. The van der Waals surface area contributed by atoms with E-state index in [9.17, 15) is 31.9 Å². The molecule has 0 aliphatic heterocycles. The van der Waals surface area contributed by atoms with Crippen LogP contribution in [0, 0.1) is 11.6 Å². The van der Waals surface area contributed by atoms with Crippen LogP contribution in [-0.2, 0) is 19.4 Å². The van der Waals surface area contributed by atoms with Gasteiger partial charge < -0.3 is 15.2 Å². The van der Waals surface area contributed by atoms with E-state index >= 15 is 0 Å². The molecule has 0 unspecified atom stereocenters. The molecule has 1 atom stereocenters. The van der Waals surface area contributed by atoms with Crippen molar-refractivity contribution in [3.63, 3.8) is 0 Å². The van der Waals surface area contributed by atoms with Crippen LogP contribution in [0.2, 0.25) is 0 Å². The van der Waals surface area contributed by atoms with Crippen molar-refractivity contribution < 1.29 is 36.6 Å². The van der Waals surface area contributed by atoms with Crippen LogP contribution in [0.5, 0.6) is 5.75 Å². The number of carboxylic acids is 1. The Balaban J connectivity index is 2.08. The van der Waals surface area contributed by atoms with Gasteiger partial charge in [0, 0.05) is 17.9 Å². The summed E-state index contributed by atoms with van der Waals surface area (Å²) in [6, 6.07) is 5.92. The molecule has 0 aliphatic carbocycles. The van der Waals surface area contributed by atoms with Crippen LogP contribution in [0.4, 0.5) is 8.78 Å². The van der Waals surface area contributed by atoms with Crippen molar-refractivity contribution in [3.05, 3.63) is 59.7 Å². The molecule has 0 heterocycles. The van der Waals surface area contributed by atoms with Crippen molar-refractivity contribution in [2.24, 2.45) is 0 Å². The zero-order valence-electron chi connectivity index (χ0n) is 14.0. The zero-order chi connectivity index (χ0) is 20.2. The molecule has 2 rings (SSSR count). The molecule has 7 nitrogen and oxygen atoms in total. The molecular formula is C17H15F2NO6S. The van der Waals surface area contributed by atoms with E-state index in [2.05, 4.69) is 5.32 Å². The Morgan fingerprint density at radius 1 is 1.19 bits per heavy atom. The van der Waals surface area contributed by atoms with Crippen LogP contribution in [-0.4, -0.2) is 38.3 Å². The topological polar surface area (TPSA) is 110 Å². The maximum absolute atomic E-state index is 13.8. The van der Waals surface area contributed by atoms with Crippen molar-refractivity contribution in [1.82, 2.24) is 5.32 Å². The monoisotopic (exact) mass is 399 g/mol. The summed E-state index contributed by atoms with van der Waals surface area (Å²) in [5.74, 6) is -4.37. The number of hydrogen-bond acceptors (Lipinski definition) is 5. The van der Waals surface area contributed by atoms with Gasteiger partial charge in [0.05, 0.1) is 4.90 Å². The number of aliphatic carboxylic acids is 1. The predicted molar refractivity (Wildman–Crippen MR) is 89.9 cm³/mol. The van der Waals surface area contributed by atoms with Gasteiger partial charge >= 0.3 is 5.97 Å². The minimum Gasteiger partial charge on any atom is -0.484 e. The summed E-state index contributed by atoms with van der Waals surface area (Å²) in [6.45, 7) is -0.639. The number of hydrogen-bond donors (Lipinski definition) is 2. The minimum absolute atomic E-state index is 0.0165. The Labute approximate surface area is 153 Å². The van der Waals surface area contributed by atoms with Crippen LogP contribution in [0.25, 0.3) is 0 Å². The van der Waals surface area contributed by atoms with E-state index in [4.69, 9.17) is 4.74 Å². The van der Waals surface area contributed by atoms with Gasteiger partial charge in [0.25, 0.3) is 5.91 Å². The second-order valence-corrected chi connectivity index (χ2v) is 7.56. The van der Waals surface area contributed by atoms with Gasteiger partial charge in [0.15, 0.2) is 22.5 Å². The Bertz CT molecular complexity index is 977. The average molecular weight is 399 g/mol. The highest BCUT2D eigenvalue weighted by Crippen LogP contribution is 2.19. The fourth-order valence-corrected chi connectivity index (χ4v) is 2.81. The van der Waals surface area contributed by atoms with Crippen LogP contribution in [0.15, 0.2) is 47.4 Å². The molecule has 0 radical (unpaired) electrons. The Morgan fingerprint density at radius 2 is 1.89 bits per heavy atom. The van der Waals surface area contributed by atoms with Crippen LogP contribution in [0.3, 0.4) is 0 Å². The molecule has 2 aromatic carbocycles. The van der Waals surface area contributed by atoms with Gasteiger partial charge in [-0.1, -0.05) is 12.1 Å². The predicted octanol–water partition coefficient (Wildman–Crippen LogP) is 1.69. The summed E-state index contributed by atoms with van der Waals surface area (Å²) < 4.78 is 54.9. The van der Waals surface area contributed by atoms with E-state index in [1.165, 1.54) is 24.3 Å². The number of halogens is 2. The van der Waals surface area contributed by atoms with E-state index < -0.39 is 51.6 Å². The first-order valence-electron chi connectivity index (χ1n) is 7.48. The minimum atomic E-state index is -3.47. The lowest BCUT2D eigenvalue weighted by Crippen LogP contribution is -2.37. The van der Waals surface area contributed by atoms with Crippen molar-refractivity contribution in [1.29, 1.82) is 0 Å². The molecule has 0 bridgehead atoms. The summed E-state index contributed by atoms with van der Waals surface area (Å²) >= 11 is 0. The van der Waals surface area contributed by atoms with E-state index in [0.29, 0.717) is 6.07 Å². The molecule has 0 aromatic heterocycles. The lowest BCUT2D eigenvalue weighted by molar-refractivity contribution is -0.142. The van der Waals surface area contributed by atoms with Crippen LogP contribution < -0.4 is 10.1 Å². The molecule has 0 fully saturated rings. The maximum Gasteiger partial charge on any atom is 0.331 e. The molecule has 0 saturated carbocycles. The Morgan fingerprint density at radius 3 is 2.48 bits per heavy atom. The fraction of sp³-hybridized carbons (Fsp3) is 0.176. The largest absolute Gasteiger partial charge is 0.484 e. The molecule has 144 valence electrons. The van der Waals surface area contributed by atoms with Gasteiger partial charge in [-0.3, -0.25) is 4.79 Å². The highest BCUT2D eigenvalue weighted by Gasteiger charge is 2.25. The summed E-state index contributed by atoms with van der Waals surface area (Å²) in [7, 11) is -3.47. The van der Waals surface area contributed by atoms with Crippen LogP contribution in [0.1, 0.15) is 11.6 Å². The van der Waals surface area contributed by atoms with E-state index in [-0.39, 0.29) is 10.6 Å². The average Bonchev–Trinajstić information content (AvgIpc) is 2.58. The second kappa shape index (κ2) is 8.12. The number of benzene rings is 2. The summed E-state index contributed by atoms with van der Waals surface area (Å²) in [4.78, 5) is 23.3. The van der Waals surface area contributed by atoms with Crippen molar-refractivity contribution >= 4 is 21.7 Å². The molecule has 0 saturated heterocycles. The van der Waals surface area contributed by atoms with Gasteiger partial charge in [-0.05, 0) is 24.3 Å². The molecule has 10 heteroatoms. The highest BCUT2D eigenvalue weighted by molar-refractivity contribution is 7.90. The van der Waals surface area contributed by atoms with Crippen molar-refractivity contribution in [2.75, 3.05) is 12.9 Å². The second-order valence-electron chi connectivity index (χ2n) is 5.54. The zero-order valence-corrected chi connectivity index (χ0v) is 14.8. The van der Waals surface area contributed by atoms with Gasteiger partial charge in [0.1, 0.15) is 17.4 Å². The van der Waals surface area contributed by atoms with E-state index in [1.54, 1.807) is 0 Å². The van der Waals surface area contributed by atoms with E-state index in [1.807, 2.05) is 0 Å². The van der Waals surface area contributed by atoms with Crippen molar-refractivity contribution in [3.8, 4) is 5.75 Å². The summed E-state index contributed by atoms with van der Waals surface area (Å²) in [5.41, 5.74) is -0.420. The number of ether oxygens (including phenoxy) is 1. The number of carbonyl (C=O) groups excluding carboxylic acids is 1. The van der Waals surface area contributed by atoms with Crippen LogP contribution >= 0.6 is 0 Å². The van der Waals surface area contributed by atoms with Gasteiger partial charge in [-0.15, -0.1) is 0 Å². The number of sulfone groups is 1. The standard InChI is InChI=1S/C17H15F2NO6S/c1-27(24,25)12-4-2-3-11(8-12)26-9-15(21)20-16(17(22)23)13-6-5-10(18)7-14(13)19/h2-8,16H,9H2,1H3,(H,20,21)(H,22,23)/t16-/m0/s1.